The van der Waals surface area contributed by atoms with Crippen LogP contribution < -0.4 is 10.0 Å². The lowest BCUT2D eigenvalue weighted by molar-refractivity contribution is 0.601. The standard InChI is InChI=1S/C23H22N4O2S2/c1-14-6-12-18(13-7-14)31(28,29)27-17-10-8-16(9-11-17)26-22-21-19-4-3-5-20(19)30-23(21)25-15(2)24-22/h6-13,27H,3-5H2,1-2H3,(H,24,25,26). The molecule has 8 heteroatoms. The van der Waals surface area contributed by atoms with Gasteiger partial charge in [0.1, 0.15) is 16.5 Å². The first-order chi connectivity index (χ1) is 14.9. The van der Waals surface area contributed by atoms with E-state index in [-0.39, 0.29) is 4.90 Å². The van der Waals surface area contributed by atoms with Gasteiger partial charge in [0.05, 0.1) is 10.3 Å². The van der Waals surface area contributed by atoms with Crippen molar-refractivity contribution in [1.29, 1.82) is 0 Å². The van der Waals surface area contributed by atoms with E-state index in [1.807, 2.05) is 26.0 Å². The Labute approximate surface area is 185 Å². The van der Waals surface area contributed by atoms with Gasteiger partial charge >= 0.3 is 0 Å². The number of thiophene rings is 1. The predicted molar refractivity (Wildman–Crippen MR) is 126 cm³/mol. The quantitative estimate of drug-likeness (QED) is 0.429. The van der Waals surface area contributed by atoms with Crippen molar-refractivity contribution in [3.05, 3.63) is 70.4 Å². The van der Waals surface area contributed by atoms with Gasteiger partial charge in [-0.15, -0.1) is 11.3 Å². The Morgan fingerprint density at radius 2 is 1.61 bits per heavy atom. The zero-order valence-corrected chi connectivity index (χ0v) is 18.9. The summed E-state index contributed by atoms with van der Waals surface area (Å²) in [5, 5.41) is 4.53. The molecule has 2 aromatic carbocycles. The van der Waals surface area contributed by atoms with E-state index in [1.165, 1.54) is 16.9 Å². The molecule has 1 aliphatic carbocycles. The molecule has 0 fully saturated rings. The van der Waals surface area contributed by atoms with Crippen molar-refractivity contribution in [1.82, 2.24) is 9.97 Å². The van der Waals surface area contributed by atoms with E-state index >= 15 is 0 Å². The van der Waals surface area contributed by atoms with Crippen LogP contribution in [-0.2, 0) is 22.9 Å². The maximum absolute atomic E-state index is 12.6. The molecule has 0 amide bonds. The zero-order chi connectivity index (χ0) is 21.6. The van der Waals surface area contributed by atoms with Crippen LogP contribution in [0, 0.1) is 13.8 Å². The van der Waals surface area contributed by atoms with E-state index < -0.39 is 10.0 Å². The average Bonchev–Trinajstić information content (AvgIpc) is 3.30. The zero-order valence-electron chi connectivity index (χ0n) is 17.3. The highest BCUT2D eigenvalue weighted by Crippen LogP contribution is 2.40. The second kappa shape index (κ2) is 7.62. The van der Waals surface area contributed by atoms with Crippen molar-refractivity contribution in [2.24, 2.45) is 0 Å². The van der Waals surface area contributed by atoms with Gasteiger partial charge in [-0.05, 0) is 75.1 Å². The second-order valence-corrected chi connectivity index (χ2v) is 10.5. The Morgan fingerprint density at radius 3 is 2.35 bits per heavy atom. The second-order valence-electron chi connectivity index (χ2n) is 7.78. The summed E-state index contributed by atoms with van der Waals surface area (Å²) in [6, 6.07) is 14.0. The van der Waals surface area contributed by atoms with Crippen molar-refractivity contribution >= 4 is 48.8 Å². The number of fused-ring (bicyclic) bond motifs is 3. The van der Waals surface area contributed by atoms with Gasteiger partial charge in [0.25, 0.3) is 10.0 Å². The molecule has 2 N–H and O–H groups in total. The number of hydrogen-bond acceptors (Lipinski definition) is 6. The van der Waals surface area contributed by atoms with Crippen molar-refractivity contribution in [3.63, 3.8) is 0 Å². The molecule has 1 aliphatic rings. The fraction of sp³-hybridized carbons (Fsp3) is 0.217. The lowest BCUT2D eigenvalue weighted by Gasteiger charge is -2.11. The van der Waals surface area contributed by atoms with Gasteiger partial charge in [-0.2, -0.15) is 0 Å². The van der Waals surface area contributed by atoms with E-state index in [4.69, 9.17) is 0 Å². The highest BCUT2D eigenvalue weighted by atomic mass is 32.2. The van der Waals surface area contributed by atoms with Crippen LogP contribution in [0.1, 0.15) is 28.2 Å². The minimum absolute atomic E-state index is 0.241. The smallest absolute Gasteiger partial charge is 0.261 e. The third-order valence-electron chi connectivity index (χ3n) is 5.41. The normalized spacial score (nSPS) is 13.4. The number of nitrogens with one attached hydrogen (secondary N) is 2. The Morgan fingerprint density at radius 1 is 0.903 bits per heavy atom. The van der Waals surface area contributed by atoms with Crippen LogP contribution in [0.2, 0.25) is 0 Å². The van der Waals surface area contributed by atoms with E-state index in [0.717, 1.165) is 46.0 Å². The Hall–Kier alpha value is -2.97. The Kier molecular flexibility index (Phi) is 4.91. The van der Waals surface area contributed by atoms with Crippen LogP contribution >= 0.6 is 11.3 Å². The van der Waals surface area contributed by atoms with Crippen LogP contribution in [-0.4, -0.2) is 18.4 Å². The molecular formula is C23H22N4O2S2. The summed E-state index contributed by atoms with van der Waals surface area (Å²) in [4.78, 5) is 12.0. The predicted octanol–water partition coefficient (Wildman–Crippen LogP) is 5.34. The summed E-state index contributed by atoms with van der Waals surface area (Å²) < 4.78 is 27.9. The summed E-state index contributed by atoms with van der Waals surface area (Å²) in [7, 11) is -3.63. The molecular weight excluding hydrogens is 428 g/mol. The number of aryl methyl sites for hydroxylation is 4. The number of anilines is 3. The fourth-order valence-corrected chi connectivity index (χ4v) is 6.25. The van der Waals surface area contributed by atoms with Crippen LogP contribution in [0.4, 0.5) is 17.2 Å². The molecule has 5 rings (SSSR count). The first-order valence-electron chi connectivity index (χ1n) is 10.1. The van der Waals surface area contributed by atoms with Gasteiger partial charge in [0.15, 0.2) is 0 Å². The number of sulfonamides is 1. The molecule has 2 heterocycles. The molecule has 0 aliphatic heterocycles. The van der Waals surface area contributed by atoms with Gasteiger partial charge in [-0.25, -0.2) is 18.4 Å². The lowest BCUT2D eigenvalue weighted by Crippen LogP contribution is -2.12. The maximum atomic E-state index is 12.6. The number of rotatable bonds is 5. The van der Waals surface area contributed by atoms with Crippen molar-refractivity contribution < 1.29 is 8.42 Å². The monoisotopic (exact) mass is 450 g/mol. The summed E-state index contributed by atoms with van der Waals surface area (Å²) in [6.07, 6.45) is 3.36. The molecule has 158 valence electrons. The minimum Gasteiger partial charge on any atom is -0.340 e. The number of nitrogens with zero attached hydrogens (tertiary/aromatic N) is 2. The van der Waals surface area contributed by atoms with E-state index in [0.29, 0.717) is 5.69 Å². The average molecular weight is 451 g/mol. The number of benzene rings is 2. The van der Waals surface area contributed by atoms with Crippen molar-refractivity contribution in [3.8, 4) is 0 Å². The molecule has 0 saturated carbocycles. The highest BCUT2D eigenvalue weighted by molar-refractivity contribution is 7.92. The van der Waals surface area contributed by atoms with E-state index in [2.05, 4.69) is 20.0 Å². The molecule has 0 spiro atoms. The van der Waals surface area contributed by atoms with Gasteiger partial charge < -0.3 is 5.32 Å². The molecule has 0 unspecified atom stereocenters. The number of hydrogen-bond donors (Lipinski definition) is 2. The summed E-state index contributed by atoms with van der Waals surface area (Å²) in [5.74, 6) is 1.55. The SMILES string of the molecule is Cc1ccc(S(=O)(=O)Nc2ccc(Nc3nc(C)nc4sc5c(c34)CCC5)cc2)cc1. The third kappa shape index (κ3) is 3.88. The molecule has 0 saturated heterocycles. The minimum atomic E-state index is -3.63. The molecule has 6 nitrogen and oxygen atoms in total. The fourth-order valence-electron chi connectivity index (χ4n) is 3.88. The van der Waals surface area contributed by atoms with Crippen molar-refractivity contribution in [2.75, 3.05) is 10.0 Å². The summed E-state index contributed by atoms with van der Waals surface area (Å²) >= 11 is 1.77. The third-order valence-corrected chi connectivity index (χ3v) is 7.99. The molecule has 0 bridgehead atoms. The first kappa shape index (κ1) is 20.0. The topological polar surface area (TPSA) is 84.0 Å². The van der Waals surface area contributed by atoms with Gasteiger partial charge in [-0.1, -0.05) is 17.7 Å². The van der Waals surface area contributed by atoms with Gasteiger partial charge in [0, 0.05) is 16.3 Å². The van der Waals surface area contributed by atoms with Crippen LogP contribution in [0.15, 0.2) is 53.4 Å². The van der Waals surface area contributed by atoms with Crippen LogP contribution in [0.3, 0.4) is 0 Å². The highest BCUT2D eigenvalue weighted by Gasteiger charge is 2.22. The van der Waals surface area contributed by atoms with Crippen LogP contribution in [0.5, 0.6) is 0 Å². The maximum Gasteiger partial charge on any atom is 0.261 e. The Bertz CT molecular complexity index is 1380. The summed E-state index contributed by atoms with van der Waals surface area (Å²) in [6.45, 7) is 3.82. The number of aromatic nitrogens is 2. The first-order valence-corrected chi connectivity index (χ1v) is 12.4. The van der Waals surface area contributed by atoms with E-state index in [9.17, 15) is 8.42 Å². The van der Waals surface area contributed by atoms with E-state index in [1.54, 1.807) is 47.7 Å². The lowest BCUT2D eigenvalue weighted by atomic mass is 10.2. The van der Waals surface area contributed by atoms with Crippen molar-refractivity contribution in [2.45, 2.75) is 38.0 Å². The molecule has 4 aromatic rings. The summed E-state index contributed by atoms with van der Waals surface area (Å²) in [5.41, 5.74) is 3.73. The molecule has 0 radical (unpaired) electrons. The molecule has 31 heavy (non-hydrogen) atoms. The molecule has 2 aromatic heterocycles. The van der Waals surface area contributed by atoms with Crippen LogP contribution in [0.25, 0.3) is 10.2 Å². The van der Waals surface area contributed by atoms with Gasteiger partial charge in [-0.3, -0.25) is 4.72 Å². The molecule has 0 atom stereocenters. The Balaban J connectivity index is 1.39. The van der Waals surface area contributed by atoms with Gasteiger partial charge in [0.2, 0.25) is 0 Å². The largest absolute Gasteiger partial charge is 0.340 e.